The van der Waals surface area contributed by atoms with E-state index in [1.54, 1.807) is 27.7 Å². The Labute approximate surface area is 162 Å². The summed E-state index contributed by atoms with van der Waals surface area (Å²) in [7, 11) is 0. The highest BCUT2D eigenvalue weighted by Gasteiger charge is 2.49. The first-order valence-electron chi connectivity index (χ1n) is 9.05. The average Bonchev–Trinajstić information content (AvgIpc) is 2.41. The van der Waals surface area contributed by atoms with Gasteiger partial charge in [0.1, 0.15) is 5.54 Å². The van der Waals surface area contributed by atoms with Crippen LogP contribution in [0.3, 0.4) is 0 Å². The Morgan fingerprint density at radius 1 is 1.18 bits per heavy atom. The molecule has 160 valence electrons. The SMILES string of the molecule is C#[N+]N(/C(NC(=O)CC(C)(C)C(F)(F)F)=C(/C)CC1CC(F)(F)C1)C(C)(C)C. The van der Waals surface area contributed by atoms with Crippen molar-refractivity contribution in [2.24, 2.45) is 11.3 Å². The molecule has 28 heavy (non-hydrogen) atoms. The topological polar surface area (TPSA) is 36.7 Å². The molecular weight excluding hydrogens is 381 g/mol. The van der Waals surface area contributed by atoms with Crippen molar-refractivity contribution >= 4 is 5.91 Å². The lowest BCUT2D eigenvalue weighted by atomic mass is 9.77. The molecule has 4 nitrogen and oxygen atoms in total. The number of amides is 1. The maximum Gasteiger partial charge on any atom is 0.394 e. The molecule has 0 aromatic carbocycles. The van der Waals surface area contributed by atoms with Crippen LogP contribution in [0, 0.1) is 17.9 Å². The van der Waals surface area contributed by atoms with Gasteiger partial charge in [0.25, 0.3) is 0 Å². The number of nitrogens with zero attached hydrogens (tertiary/aromatic N) is 2. The molecule has 1 aliphatic carbocycles. The maximum absolute atomic E-state index is 13.1. The number of halogens is 5. The van der Waals surface area contributed by atoms with Crippen molar-refractivity contribution < 1.29 is 26.7 Å². The second kappa shape index (κ2) is 7.88. The summed E-state index contributed by atoms with van der Waals surface area (Å²) in [5, 5.41) is 3.77. The monoisotopic (exact) mass is 410 g/mol. The van der Waals surface area contributed by atoms with Crippen molar-refractivity contribution in [1.82, 2.24) is 10.3 Å². The predicted octanol–water partition coefficient (Wildman–Crippen LogP) is 5.73. The van der Waals surface area contributed by atoms with E-state index in [9.17, 15) is 26.7 Å². The summed E-state index contributed by atoms with van der Waals surface area (Å²) in [6, 6.07) is 0. The quantitative estimate of drug-likeness (QED) is 0.449. The first-order valence-corrected chi connectivity index (χ1v) is 9.05. The number of hydrogen-bond acceptors (Lipinski definition) is 2. The van der Waals surface area contributed by atoms with Gasteiger partial charge in [0.15, 0.2) is 5.82 Å². The van der Waals surface area contributed by atoms with Crippen molar-refractivity contribution in [3.05, 3.63) is 16.3 Å². The van der Waals surface area contributed by atoms with Crippen LogP contribution in [0.4, 0.5) is 22.0 Å². The predicted molar refractivity (Wildman–Crippen MR) is 97.5 cm³/mol. The van der Waals surface area contributed by atoms with Crippen LogP contribution in [0.1, 0.15) is 67.2 Å². The van der Waals surface area contributed by atoms with Crippen molar-refractivity contribution in [2.75, 3.05) is 0 Å². The molecule has 1 saturated carbocycles. The van der Waals surface area contributed by atoms with Crippen LogP contribution in [0.5, 0.6) is 0 Å². The summed E-state index contributed by atoms with van der Waals surface area (Å²) < 4.78 is 65.5. The van der Waals surface area contributed by atoms with Crippen molar-refractivity contribution in [3.8, 4) is 6.57 Å². The highest BCUT2D eigenvalue weighted by atomic mass is 19.4. The third-order valence-electron chi connectivity index (χ3n) is 4.76. The van der Waals surface area contributed by atoms with Gasteiger partial charge in [-0.05, 0) is 50.6 Å². The molecule has 0 atom stereocenters. The third-order valence-corrected chi connectivity index (χ3v) is 4.76. The van der Waals surface area contributed by atoms with Crippen molar-refractivity contribution in [3.63, 3.8) is 0 Å². The first-order chi connectivity index (χ1) is 12.4. The molecule has 1 aliphatic rings. The van der Waals surface area contributed by atoms with E-state index in [4.69, 9.17) is 6.57 Å². The van der Waals surface area contributed by atoms with E-state index in [-0.39, 0.29) is 31.0 Å². The standard InChI is InChI=1S/C19H28F5N3O/c1-12(8-13-9-18(20,21)10-13)15(27(25-7)16(2,3)4)26-14(28)11-17(5,6)19(22,23)24/h7,13H,8-11H2,1-6H3/p+1/b15-12-. The number of allylic oxidation sites excluding steroid dienone is 1. The van der Waals surface area contributed by atoms with E-state index in [1.807, 2.05) is 0 Å². The van der Waals surface area contributed by atoms with Crippen LogP contribution < -0.4 is 5.32 Å². The zero-order chi connectivity index (χ0) is 22.1. The summed E-state index contributed by atoms with van der Waals surface area (Å²) >= 11 is 0. The van der Waals surface area contributed by atoms with Crippen LogP contribution in [0.2, 0.25) is 0 Å². The molecule has 1 rings (SSSR count). The van der Waals surface area contributed by atoms with Gasteiger partial charge in [-0.3, -0.25) is 4.79 Å². The lowest BCUT2D eigenvalue weighted by Gasteiger charge is -2.36. The van der Waals surface area contributed by atoms with Gasteiger partial charge >= 0.3 is 12.7 Å². The largest absolute Gasteiger partial charge is 0.394 e. The van der Waals surface area contributed by atoms with Crippen LogP contribution in [-0.2, 0) is 4.79 Å². The van der Waals surface area contributed by atoms with Gasteiger partial charge in [-0.25, -0.2) is 8.78 Å². The summed E-state index contributed by atoms with van der Waals surface area (Å²) in [4.78, 5) is 16.0. The lowest BCUT2D eigenvalue weighted by Crippen LogP contribution is -2.45. The maximum atomic E-state index is 13.1. The van der Waals surface area contributed by atoms with Crippen molar-refractivity contribution in [1.29, 1.82) is 0 Å². The minimum absolute atomic E-state index is 0.133. The molecule has 1 N–H and O–H groups in total. The molecule has 0 aromatic rings. The van der Waals surface area contributed by atoms with E-state index >= 15 is 0 Å². The molecule has 1 fully saturated rings. The normalized spacial score (nSPS) is 18.6. The average molecular weight is 410 g/mol. The fourth-order valence-corrected chi connectivity index (χ4v) is 3.04. The summed E-state index contributed by atoms with van der Waals surface area (Å²) in [5.41, 5.74) is -2.39. The van der Waals surface area contributed by atoms with E-state index in [2.05, 4.69) is 10.3 Å². The first kappa shape index (κ1) is 24.2. The van der Waals surface area contributed by atoms with Gasteiger partial charge in [0.05, 0.1) is 10.4 Å². The van der Waals surface area contributed by atoms with Gasteiger partial charge in [-0.2, -0.15) is 13.2 Å². The van der Waals surface area contributed by atoms with E-state index < -0.39 is 35.4 Å². The fourth-order valence-electron chi connectivity index (χ4n) is 3.04. The minimum atomic E-state index is -4.55. The number of hydrogen-bond donors (Lipinski definition) is 1. The van der Waals surface area contributed by atoms with E-state index in [1.165, 1.54) is 5.01 Å². The van der Waals surface area contributed by atoms with Gasteiger partial charge in [-0.1, -0.05) is 13.8 Å². The Morgan fingerprint density at radius 3 is 2.04 bits per heavy atom. The van der Waals surface area contributed by atoms with Gasteiger partial charge in [0, 0.05) is 19.3 Å². The molecule has 0 heterocycles. The van der Waals surface area contributed by atoms with Gasteiger partial charge in [-0.15, -0.1) is 0 Å². The molecule has 0 aromatic heterocycles. The zero-order valence-corrected chi connectivity index (χ0v) is 17.2. The minimum Gasteiger partial charge on any atom is -0.307 e. The van der Waals surface area contributed by atoms with Crippen LogP contribution in [-0.4, -0.2) is 28.6 Å². The van der Waals surface area contributed by atoms with E-state index in [0.717, 1.165) is 13.8 Å². The number of alkyl halides is 5. The molecule has 1 amide bonds. The molecule has 0 bridgehead atoms. The Bertz CT molecular complexity index is 661. The molecular formula is C19H29F5N3O+. The van der Waals surface area contributed by atoms with Crippen LogP contribution >= 0.6 is 0 Å². The number of nitrogens with one attached hydrogen (secondary N) is 1. The second-order valence-corrected chi connectivity index (χ2v) is 9.17. The molecule has 0 radical (unpaired) electrons. The Morgan fingerprint density at radius 2 is 1.68 bits per heavy atom. The van der Waals surface area contributed by atoms with Crippen molar-refractivity contribution in [2.45, 2.75) is 84.9 Å². The second-order valence-electron chi connectivity index (χ2n) is 9.17. The molecule has 0 aliphatic heterocycles. The van der Waals surface area contributed by atoms with Gasteiger partial charge < -0.3 is 5.32 Å². The van der Waals surface area contributed by atoms with Crippen LogP contribution in [0.25, 0.3) is 4.95 Å². The summed E-state index contributed by atoms with van der Waals surface area (Å²) in [5.74, 6) is -3.68. The Balaban J connectivity index is 3.10. The van der Waals surface area contributed by atoms with Crippen LogP contribution in [0.15, 0.2) is 11.4 Å². The van der Waals surface area contributed by atoms with Gasteiger partial charge in [0.2, 0.25) is 11.8 Å². The highest BCUT2D eigenvalue weighted by Crippen LogP contribution is 2.45. The number of carbonyl (C=O) groups is 1. The van der Waals surface area contributed by atoms with E-state index in [0.29, 0.717) is 5.57 Å². The Hall–Kier alpha value is -1.85. The Kier molecular flexibility index (Phi) is 6.81. The highest BCUT2D eigenvalue weighted by molar-refractivity contribution is 5.78. The third kappa shape index (κ3) is 6.08. The zero-order valence-electron chi connectivity index (χ0n) is 17.2. The molecule has 0 unspecified atom stereocenters. The number of carbonyl (C=O) groups excluding carboxylic acids is 1. The number of rotatable bonds is 6. The smallest absolute Gasteiger partial charge is 0.307 e. The molecule has 9 heteroatoms. The molecule has 0 saturated heterocycles. The lowest BCUT2D eigenvalue weighted by molar-refractivity contribution is -0.213. The summed E-state index contributed by atoms with van der Waals surface area (Å²) in [6.07, 6.45) is -5.61. The summed E-state index contributed by atoms with van der Waals surface area (Å²) in [6.45, 7) is 14.2. The fraction of sp³-hybridized carbons (Fsp3) is 0.789. The molecule has 0 spiro atoms.